The first-order valence-electron chi connectivity index (χ1n) is 8.76. The highest BCUT2D eigenvalue weighted by Crippen LogP contribution is 2.25. The second kappa shape index (κ2) is 7.00. The number of hydrogen-bond donors (Lipinski definition) is 1. The van der Waals surface area contributed by atoms with Crippen molar-refractivity contribution in [3.63, 3.8) is 0 Å². The fraction of sp³-hybridized carbons (Fsp3) is 0.0455. The summed E-state index contributed by atoms with van der Waals surface area (Å²) in [6.45, 7) is 1.80. The zero-order valence-corrected chi connectivity index (χ0v) is 15.1. The van der Waals surface area contributed by atoms with Gasteiger partial charge in [-0.15, -0.1) is 0 Å². The van der Waals surface area contributed by atoms with E-state index in [0.717, 1.165) is 16.2 Å². The normalized spacial score (nSPS) is 15.8. The molecule has 4 amide bonds. The zero-order chi connectivity index (χ0) is 19.7. The van der Waals surface area contributed by atoms with E-state index in [1.54, 1.807) is 31.2 Å². The van der Waals surface area contributed by atoms with E-state index >= 15 is 0 Å². The maximum atomic E-state index is 13.0. The molecular formula is C22H17N3O3. The van der Waals surface area contributed by atoms with Crippen molar-refractivity contribution in [2.75, 3.05) is 4.90 Å². The van der Waals surface area contributed by atoms with Gasteiger partial charge in [0.05, 0.1) is 5.69 Å². The van der Waals surface area contributed by atoms with Crippen LogP contribution in [0.3, 0.4) is 0 Å². The molecule has 0 spiro atoms. The van der Waals surface area contributed by atoms with E-state index in [1.807, 2.05) is 53.2 Å². The topological polar surface area (TPSA) is 71.4 Å². The molecule has 0 bridgehead atoms. The van der Waals surface area contributed by atoms with Gasteiger partial charge in [0.2, 0.25) is 0 Å². The van der Waals surface area contributed by atoms with Crippen LogP contribution in [0.2, 0.25) is 0 Å². The monoisotopic (exact) mass is 371 g/mol. The number of benzene rings is 2. The van der Waals surface area contributed by atoms with Crippen LogP contribution in [-0.4, -0.2) is 22.4 Å². The van der Waals surface area contributed by atoms with Crippen LogP contribution in [-0.2, 0) is 9.59 Å². The van der Waals surface area contributed by atoms with Crippen LogP contribution in [0.5, 0.6) is 0 Å². The Morgan fingerprint density at radius 3 is 2.32 bits per heavy atom. The van der Waals surface area contributed by atoms with Crippen molar-refractivity contribution in [3.05, 3.63) is 89.8 Å². The van der Waals surface area contributed by atoms with Crippen molar-refractivity contribution in [2.24, 2.45) is 0 Å². The predicted octanol–water partition coefficient (Wildman–Crippen LogP) is 3.45. The Morgan fingerprint density at radius 2 is 1.57 bits per heavy atom. The largest absolute Gasteiger partial charge is 0.335 e. The van der Waals surface area contributed by atoms with Gasteiger partial charge in [0.15, 0.2) is 0 Å². The molecule has 1 aromatic heterocycles. The van der Waals surface area contributed by atoms with Crippen molar-refractivity contribution in [3.8, 4) is 5.69 Å². The Hall–Kier alpha value is -3.93. The van der Waals surface area contributed by atoms with Gasteiger partial charge in [-0.05, 0) is 48.9 Å². The molecule has 1 N–H and O–H groups in total. The lowest BCUT2D eigenvalue weighted by molar-refractivity contribution is -0.122. The van der Waals surface area contributed by atoms with Crippen molar-refractivity contribution in [1.82, 2.24) is 9.88 Å². The van der Waals surface area contributed by atoms with Gasteiger partial charge in [0, 0.05) is 17.6 Å². The minimum atomic E-state index is -0.750. The molecule has 0 atom stereocenters. The molecular weight excluding hydrogens is 354 g/mol. The molecule has 1 fully saturated rings. The highest BCUT2D eigenvalue weighted by molar-refractivity contribution is 6.39. The van der Waals surface area contributed by atoms with E-state index in [4.69, 9.17) is 0 Å². The summed E-state index contributed by atoms with van der Waals surface area (Å²) in [6, 6.07) is 19.5. The molecule has 2 aromatic carbocycles. The summed E-state index contributed by atoms with van der Waals surface area (Å²) < 4.78 is 1.86. The molecule has 1 saturated heterocycles. The molecule has 0 aliphatic carbocycles. The second-order valence-corrected chi connectivity index (χ2v) is 6.38. The van der Waals surface area contributed by atoms with Gasteiger partial charge in [-0.1, -0.05) is 36.4 Å². The number of carbonyl (C=O) groups is 3. The summed E-state index contributed by atoms with van der Waals surface area (Å²) in [5, 5.41) is 2.26. The van der Waals surface area contributed by atoms with Crippen LogP contribution < -0.4 is 10.2 Å². The molecule has 4 rings (SSSR count). The number of barbiturate groups is 1. The number of para-hydroxylation sites is 2. The minimum absolute atomic E-state index is 0.0984. The van der Waals surface area contributed by atoms with Crippen LogP contribution in [0.25, 0.3) is 11.8 Å². The van der Waals surface area contributed by atoms with E-state index in [2.05, 4.69) is 5.32 Å². The number of rotatable bonds is 3. The number of aromatic nitrogens is 1. The summed E-state index contributed by atoms with van der Waals surface area (Å²) >= 11 is 0. The molecule has 6 nitrogen and oxygen atoms in total. The third-order valence-corrected chi connectivity index (χ3v) is 4.56. The Morgan fingerprint density at radius 1 is 0.857 bits per heavy atom. The van der Waals surface area contributed by atoms with E-state index in [0.29, 0.717) is 11.4 Å². The highest BCUT2D eigenvalue weighted by Gasteiger charge is 2.37. The SMILES string of the molecule is Cc1ccccc1N1C(=O)NC(=O)/C(=C\c2cccn2-c2ccccc2)C1=O. The lowest BCUT2D eigenvalue weighted by Crippen LogP contribution is -2.54. The lowest BCUT2D eigenvalue weighted by Gasteiger charge is -2.27. The lowest BCUT2D eigenvalue weighted by atomic mass is 10.1. The molecule has 3 aromatic rings. The summed E-state index contributed by atoms with van der Waals surface area (Å²) in [7, 11) is 0. The Bertz CT molecular complexity index is 1110. The molecule has 0 saturated carbocycles. The van der Waals surface area contributed by atoms with Crippen molar-refractivity contribution in [2.45, 2.75) is 6.92 Å². The highest BCUT2D eigenvalue weighted by atomic mass is 16.2. The summed E-state index contributed by atoms with van der Waals surface area (Å²) in [5.41, 5.74) is 2.66. The van der Waals surface area contributed by atoms with E-state index in [-0.39, 0.29) is 5.57 Å². The number of hydrogen-bond acceptors (Lipinski definition) is 3. The molecule has 6 heteroatoms. The Balaban J connectivity index is 1.77. The van der Waals surface area contributed by atoms with Gasteiger partial charge in [0.1, 0.15) is 5.57 Å². The first kappa shape index (κ1) is 17.5. The van der Waals surface area contributed by atoms with Gasteiger partial charge in [-0.25, -0.2) is 9.69 Å². The summed E-state index contributed by atoms with van der Waals surface area (Å²) in [4.78, 5) is 38.8. The average molecular weight is 371 g/mol. The number of amides is 4. The van der Waals surface area contributed by atoms with Crippen LogP contribution >= 0.6 is 0 Å². The van der Waals surface area contributed by atoms with Crippen LogP contribution in [0.4, 0.5) is 10.5 Å². The van der Waals surface area contributed by atoms with Gasteiger partial charge >= 0.3 is 6.03 Å². The average Bonchev–Trinajstić information content (AvgIpc) is 3.15. The van der Waals surface area contributed by atoms with E-state index in [1.165, 1.54) is 6.08 Å². The van der Waals surface area contributed by atoms with Gasteiger partial charge in [-0.3, -0.25) is 14.9 Å². The number of aryl methyl sites for hydroxylation is 1. The predicted molar refractivity (Wildman–Crippen MR) is 106 cm³/mol. The van der Waals surface area contributed by atoms with Gasteiger partial charge in [0.25, 0.3) is 11.8 Å². The van der Waals surface area contributed by atoms with Gasteiger partial charge in [-0.2, -0.15) is 0 Å². The van der Waals surface area contributed by atoms with Crippen LogP contribution in [0.1, 0.15) is 11.3 Å². The van der Waals surface area contributed by atoms with E-state index in [9.17, 15) is 14.4 Å². The number of imide groups is 2. The number of nitrogens with zero attached hydrogens (tertiary/aromatic N) is 2. The van der Waals surface area contributed by atoms with Crippen LogP contribution in [0, 0.1) is 6.92 Å². The Kier molecular flexibility index (Phi) is 4.37. The van der Waals surface area contributed by atoms with Crippen molar-refractivity contribution >= 4 is 29.6 Å². The molecule has 1 aliphatic rings. The standard InChI is InChI=1S/C22H17N3O3/c1-15-8-5-6-12-19(15)25-21(27)18(20(26)23-22(25)28)14-17-11-7-13-24(17)16-9-3-2-4-10-16/h2-14H,1H3,(H,23,26,28)/b18-14+. The number of nitrogens with one attached hydrogen (secondary N) is 1. The number of anilines is 1. The molecule has 0 radical (unpaired) electrons. The third kappa shape index (κ3) is 3.01. The molecule has 1 aliphatic heterocycles. The fourth-order valence-corrected chi connectivity index (χ4v) is 3.17. The third-order valence-electron chi connectivity index (χ3n) is 4.56. The second-order valence-electron chi connectivity index (χ2n) is 6.38. The van der Waals surface area contributed by atoms with Crippen molar-refractivity contribution < 1.29 is 14.4 Å². The number of carbonyl (C=O) groups excluding carboxylic acids is 3. The first-order valence-corrected chi connectivity index (χ1v) is 8.76. The quantitative estimate of drug-likeness (QED) is 0.566. The molecule has 2 heterocycles. The smallest absolute Gasteiger partial charge is 0.317 e. The van der Waals surface area contributed by atoms with Crippen molar-refractivity contribution in [1.29, 1.82) is 0 Å². The Labute approximate surface area is 161 Å². The summed E-state index contributed by atoms with van der Waals surface area (Å²) in [6.07, 6.45) is 3.35. The van der Waals surface area contributed by atoms with Crippen LogP contribution in [0.15, 0.2) is 78.5 Å². The number of urea groups is 1. The zero-order valence-electron chi connectivity index (χ0n) is 15.1. The molecule has 138 valence electrons. The molecule has 0 unspecified atom stereocenters. The first-order chi connectivity index (χ1) is 13.6. The molecule has 28 heavy (non-hydrogen) atoms. The van der Waals surface area contributed by atoms with E-state index < -0.39 is 17.8 Å². The maximum Gasteiger partial charge on any atom is 0.335 e. The fourth-order valence-electron chi connectivity index (χ4n) is 3.17. The minimum Gasteiger partial charge on any atom is -0.317 e. The summed E-state index contributed by atoms with van der Waals surface area (Å²) in [5.74, 6) is -1.36. The van der Waals surface area contributed by atoms with Gasteiger partial charge < -0.3 is 4.57 Å². The maximum absolute atomic E-state index is 13.0.